The second-order valence-corrected chi connectivity index (χ2v) is 2.34. The SMILES string of the molecule is ICCn1cnnn1. The van der Waals surface area contributed by atoms with Gasteiger partial charge in [0.1, 0.15) is 6.33 Å². The normalized spacial score (nSPS) is 9.62. The van der Waals surface area contributed by atoms with E-state index in [0.29, 0.717) is 0 Å². The van der Waals surface area contributed by atoms with Crippen molar-refractivity contribution in [3.63, 3.8) is 0 Å². The number of aromatic nitrogens is 4. The summed E-state index contributed by atoms with van der Waals surface area (Å²) in [5.74, 6) is 0. The monoisotopic (exact) mass is 224 g/mol. The average Bonchev–Trinajstić information content (AvgIpc) is 2.19. The van der Waals surface area contributed by atoms with Gasteiger partial charge in [0.2, 0.25) is 0 Å². The van der Waals surface area contributed by atoms with Crippen LogP contribution in [-0.2, 0) is 6.54 Å². The van der Waals surface area contributed by atoms with Gasteiger partial charge < -0.3 is 0 Å². The van der Waals surface area contributed by atoms with Crippen LogP contribution in [0.5, 0.6) is 0 Å². The lowest BCUT2D eigenvalue weighted by Gasteiger charge is -1.88. The third kappa shape index (κ3) is 1.39. The van der Waals surface area contributed by atoms with Crippen molar-refractivity contribution in [2.75, 3.05) is 4.43 Å². The van der Waals surface area contributed by atoms with E-state index in [2.05, 4.69) is 38.1 Å². The van der Waals surface area contributed by atoms with Crippen molar-refractivity contribution in [1.29, 1.82) is 0 Å². The number of nitrogens with zero attached hydrogens (tertiary/aromatic N) is 4. The minimum Gasteiger partial charge on any atom is -0.232 e. The summed E-state index contributed by atoms with van der Waals surface area (Å²) in [6, 6.07) is 0. The number of halogens is 1. The molecule has 0 unspecified atom stereocenters. The molecule has 1 heterocycles. The molecule has 0 spiro atoms. The molecular formula is C3H5IN4. The van der Waals surface area contributed by atoms with Gasteiger partial charge in [0.25, 0.3) is 0 Å². The van der Waals surface area contributed by atoms with E-state index in [-0.39, 0.29) is 0 Å². The maximum absolute atomic E-state index is 3.66. The topological polar surface area (TPSA) is 43.6 Å². The second kappa shape index (κ2) is 2.95. The van der Waals surface area contributed by atoms with E-state index in [1.165, 1.54) is 0 Å². The van der Waals surface area contributed by atoms with Crippen molar-refractivity contribution in [2.45, 2.75) is 6.54 Å². The van der Waals surface area contributed by atoms with Crippen LogP contribution >= 0.6 is 22.6 Å². The predicted molar refractivity (Wildman–Crippen MR) is 36.7 cm³/mol. The van der Waals surface area contributed by atoms with Gasteiger partial charge in [0.05, 0.1) is 6.54 Å². The molecular weight excluding hydrogens is 219 g/mol. The molecule has 1 aromatic heterocycles. The summed E-state index contributed by atoms with van der Waals surface area (Å²) in [4.78, 5) is 0. The highest BCUT2D eigenvalue weighted by Gasteiger charge is 1.85. The van der Waals surface area contributed by atoms with Gasteiger partial charge in [-0.05, 0) is 10.4 Å². The van der Waals surface area contributed by atoms with Gasteiger partial charge in [0, 0.05) is 4.43 Å². The largest absolute Gasteiger partial charge is 0.232 e. The Kier molecular flexibility index (Phi) is 2.19. The fourth-order valence-electron chi connectivity index (χ4n) is 0.369. The Bertz CT molecular complexity index is 137. The number of hydrogen-bond donors (Lipinski definition) is 0. The minimum atomic E-state index is 0.896. The fraction of sp³-hybridized carbons (Fsp3) is 0.667. The third-order valence-corrected chi connectivity index (χ3v) is 1.19. The molecule has 0 saturated heterocycles. The first-order chi connectivity index (χ1) is 3.93. The molecule has 0 aliphatic rings. The minimum absolute atomic E-state index is 0.896. The summed E-state index contributed by atoms with van der Waals surface area (Å²) in [6.07, 6.45) is 1.61. The maximum Gasteiger partial charge on any atom is 0.138 e. The molecule has 0 bridgehead atoms. The molecule has 0 amide bonds. The van der Waals surface area contributed by atoms with Crippen molar-refractivity contribution in [3.8, 4) is 0 Å². The summed E-state index contributed by atoms with van der Waals surface area (Å²) < 4.78 is 2.75. The zero-order valence-corrected chi connectivity index (χ0v) is 6.32. The van der Waals surface area contributed by atoms with Crippen LogP contribution in [0.1, 0.15) is 0 Å². The number of alkyl halides is 1. The highest BCUT2D eigenvalue weighted by Crippen LogP contribution is 1.83. The predicted octanol–water partition coefficient (Wildman–Crippen LogP) is 0.108. The van der Waals surface area contributed by atoms with E-state index >= 15 is 0 Å². The van der Waals surface area contributed by atoms with E-state index in [0.717, 1.165) is 11.0 Å². The van der Waals surface area contributed by atoms with Crippen LogP contribution in [0.25, 0.3) is 0 Å². The van der Waals surface area contributed by atoms with Crippen molar-refractivity contribution in [3.05, 3.63) is 6.33 Å². The lowest BCUT2D eigenvalue weighted by atomic mass is 10.8. The Labute approximate surface area is 60.4 Å². The zero-order valence-electron chi connectivity index (χ0n) is 4.16. The van der Waals surface area contributed by atoms with Crippen molar-refractivity contribution in [2.24, 2.45) is 0 Å². The molecule has 1 rings (SSSR count). The number of aryl methyl sites for hydroxylation is 1. The van der Waals surface area contributed by atoms with E-state index in [1.54, 1.807) is 11.0 Å². The first kappa shape index (κ1) is 5.93. The third-order valence-electron chi connectivity index (χ3n) is 0.705. The average molecular weight is 224 g/mol. The van der Waals surface area contributed by atoms with Crippen LogP contribution in [0, 0.1) is 0 Å². The molecule has 0 saturated carbocycles. The molecule has 0 fully saturated rings. The van der Waals surface area contributed by atoms with Gasteiger partial charge in [-0.2, -0.15) is 0 Å². The Morgan fingerprint density at radius 3 is 3.00 bits per heavy atom. The van der Waals surface area contributed by atoms with Crippen LogP contribution in [0.2, 0.25) is 0 Å². The lowest BCUT2D eigenvalue weighted by Crippen LogP contribution is -1.98. The lowest BCUT2D eigenvalue weighted by molar-refractivity contribution is 0.636. The summed E-state index contributed by atoms with van der Waals surface area (Å²) in [7, 11) is 0. The molecule has 44 valence electrons. The van der Waals surface area contributed by atoms with E-state index in [9.17, 15) is 0 Å². The first-order valence-corrected chi connectivity index (χ1v) is 3.73. The van der Waals surface area contributed by atoms with Gasteiger partial charge in [0.15, 0.2) is 0 Å². The molecule has 1 aromatic rings. The van der Waals surface area contributed by atoms with Crippen molar-refractivity contribution < 1.29 is 0 Å². The van der Waals surface area contributed by atoms with E-state index < -0.39 is 0 Å². The van der Waals surface area contributed by atoms with Crippen LogP contribution in [0.15, 0.2) is 6.33 Å². The van der Waals surface area contributed by atoms with Crippen molar-refractivity contribution >= 4 is 22.6 Å². The van der Waals surface area contributed by atoms with Crippen LogP contribution in [0.4, 0.5) is 0 Å². The Morgan fingerprint density at radius 1 is 1.62 bits per heavy atom. The van der Waals surface area contributed by atoms with Gasteiger partial charge in [-0.3, -0.25) is 0 Å². The number of rotatable bonds is 2. The van der Waals surface area contributed by atoms with E-state index in [4.69, 9.17) is 0 Å². The molecule has 0 radical (unpaired) electrons. The van der Waals surface area contributed by atoms with Crippen LogP contribution in [0.3, 0.4) is 0 Å². The summed E-state index contributed by atoms with van der Waals surface area (Å²) in [6.45, 7) is 0.896. The molecule has 8 heavy (non-hydrogen) atoms. The molecule has 0 aliphatic heterocycles. The molecule has 0 aliphatic carbocycles. The highest BCUT2D eigenvalue weighted by molar-refractivity contribution is 14.1. The Balaban J connectivity index is 2.50. The van der Waals surface area contributed by atoms with Crippen LogP contribution < -0.4 is 0 Å². The van der Waals surface area contributed by atoms with Gasteiger partial charge in [-0.1, -0.05) is 22.6 Å². The summed E-state index contributed by atoms with van der Waals surface area (Å²) in [5, 5.41) is 10.6. The molecule has 4 nitrogen and oxygen atoms in total. The molecule has 0 N–H and O–H groups in total. The Morgan fingerprint density at radius 2 is 2.50 bits per heavy atom. The summed E-state index contributed by atoms with van der Waals surface area (Å²) in [5.41, 5.74) is 0. The quantitative estimate of drug-likeness (QED) is 0.528. The molecule has 0 aromatic carbocycles. The molecule has 0 atom stereocenters. The van der Waals surface area contributed by atoms with Crippen LogP contribution in [-0.4, -0.2) is 24.6 Å². The second-order valence-electron chi connectivity index (χ2n) is 1.26. The number of tetrazole rings is 1. The smallest absolute Gasteiger partial charge is 0.138 e. The maximum atomic E-state index is 3.66. The molecule has 5 heteroatoms. The van der Waals surface area contributed by atoms with Gasteiger partial charge in [-0.15, -0.1) is 5.10 Å². The van der Waals surface area contributed by atoms with Gasteiger partial charge in [-0.25, -0.2) is 4.68 Å². The Hall–Kier alpha value is -0.200. The van der Waals surface area contributed by atoms with Crippen molar-refractivity contribution in [1.82, 2.24) is 20.2 Å². The first-order valence-electron chi connectivity index (χ1n) is 2.20. The standard InChI is InChI=1S/C3H5IN4/c4-1-2-8-3-5-6-7-8/h3H,1-2H2. The van der Waals surface area contributed by atoms with Gasteiger partial charge >= 0.3 is 0 Å². The highest BCUT2D eigenvalue weighted by atomic mass is 127. The fourth-order valence-corrected chi connectivity index (χ4v) is 0.864. The zero-order chi connectivity index (χ0) is 5.82. The summed E-state index contributed by atoms with van der Waals surface area (Å²) >= 11 is 2.27. The van der Waals surface area contributed by atoms with E-state index in [1.807, 2.05) is 0 Å². The number of hydrogen-bond acceptors (Lipinski definition) is 3.